The van der Waals surface area contributed by atoms with Gasteiger partial charge in [0.15, 0.2) is 0 Å². The van der Waals surface area contributed by atoms with E-state index in [-0.39, 0.29) is 42.8 Å². The van der Waals surface area contributed by atoms with Crippen LogP contribution in [0.2, 0.25) is 0 Å². The molecule has 2 aromatic heterocycles. The molecule has 4 aliphatic heterocycles. The molecule has 3 aromatic carbocycles. The average Bonchev–Trinajstić information content (AvgIpc) is 3.71. The Kier molecular flexibility index (Phi) is 7.99. The minimum Gasteiger partial charge on any atom is -0.376 e. The number of benzene rings is 3. The fourth-order valence-electron chi connectivity index (χ4n) is 8.29. The predicted octanol–water partition coefficient (Wildman–Crippen LogP) is 2.85. The minimum absolute atomic E-state index is 0.129. The lowest BCUT2D eigenvalue weighted by Gasteiger charge is -2.37. The Hall–Kier alpha value is -6.10. The second kappa shape index (κ2) is 12.8. The van der Waals surface area contributed by atoms with Crippen LogP contribution in [0.15, 0.2) is 53.6 Å². The van der Waals surface area contributed by atoms with Crippen LogP contribution in [-0.2, 0) is 29.7 Å². The van der Waals surface area contributed by atoms with Crippen molar-refractivity contribution >= 4 is 39.9 Å². The van der Waals surface area contributed by atoms with E-state index < -0.39 is 52.8 Å². The summed E-state index contributed by atoms with van der Waals surface area (Å²) in [6.45, 7) is 2.29. The van der Waals surface area contributed by atoms with Crippen molar-refractivity contribution < 1.29 is 27.6 Å². The number of carbonyl (C=O) groups is 3. The van der Waals surface area contributed by atoms with E-state index in [2.05, 4.69) is 35.8 Å². The number of rotatable bonds is 6. The van der Waals surface area contributed by atoms with Crippen LogP contribution >= 0.6 is 0 Å². The smallest absolute Gasteiger partial charge is 0.272 e. The van der Waals surface area contributed by atoms with Crippen molar-refractivity contribution in [1.82, 2.24) is 40.1 Å². The van der Waals surface area contributed by atoms with Crippen molar-refractivity contribution in [2.24, 2.45) is 7.05 Å². The zero-order chi connectivity index (χ0) is 37.4. The van der Waals surface area contributed by atoms with Gasteiger partial charge < -0.3 is 15.1 Å². The summed E-state index contributed by atoms with van der Waals surface area (Å²) in [5, 5.41) is 17.4. The number of halogens is 3. The van der Waals surface area contributed by atoms with Crippen LogP contribution in [0.1, 0.15) is 63.4 Å². The zero-order valence-electron chi connectivity index (χ0n) is 28.9. The van der Waals surface area contributed by atoms with Gasteiger partial charge in [-0.3, -0.25) is 34.1 Å². The van der Waals surface area contributed by atoms with Crippen LogP contribution in [0.25, 0.3) is 10.8 Å². The van der Waals surface area contributed by atoms with Gasteiger partial charge in [-0.15, -0.1) is 0 Å². The molecule has 14 nitrogen and oxygen atoms in total. The van der Waals surface area contributed by atoms with Gasteiger partial charge in [0.05, 0.1) is 28.7 Å². The molecule has 0 saturated carbocycles. The normalized spacial score (nSPS) is 21.4. The number of aromatic amines is 1. The van der Waals surface area contributed by atoms with Gasteiger partial charge in [0, 0.05) is 74.9 Å². The lowest BCUT2D eigenvalue weighted by Crippen LogP contribution is -2.52. The largest absolute Gasteiger partial charge is 0.376 e. The number of aromatic nitrogens is 5. The van der Waals surface area contributed by atoms with Crippen LogP contribution < -0.4 is 21.1 Å². The van der Waals surface area contributed by atoms with E-state index in [0.717, 1.165) is 0 Å². The zero-order valence-corrected chi connectivity index (χ0v) is 28.9. The van der Waals surface area contributed by atoms with Crippen molar-refractivity contribution in [1.29, 1.82) is 0 Å². The number of anilines is 2. The molecule has 0 bridgehead atoms. The molecule has 17 heteroatoms. The van der Waals surface area contributed by atoms with E-state index >= 15 is 8.78 Å². The number of nitrogens with zero attached hydrogens (tertiary/aromatic N) is 7. The number of hydrogen-bond donors (Lipinski definition) is 3. The van der Waals surface area contributed by atoms with Crippen molar-refractivity contribution in [2.75, 3.05) is 36.4 Å². The summed E-state index contributed by atoms with van der Waals surface area (Å²) >= 11 is 0. The minimum atomic E-state index is -0.789. The summed E-state index contributed by atoms with van der Waals surface area (Å²) in [6, 6.07) is 8.80. The highest BCUT2D eigenvalue weighted by atomic mass is 19.1. The summed E-state index contributed by atoms with van der Waals surface area (Å²) in [4.78, 5) is 59.7. The number of amides is 3. The molecule has 2 fully saturated rings. The monoisotopic (exact) mass is 738 g/mol. The quantitative estimate of drug-likeness (QED) is 0.221. The second-order valence-electron chi connectivity index (χ2n) is 14.1. The SMILES string of the molecule is Cn1ncnc1[C@H]1c2n[nH]c(=O)c3cc(F)cc(c23)N[C@@H]1c1ccc(F)c(N2CCN(Cc3cc4c(cc3F)C(=O)N(C3CCC(=O)NC3=O)C4)CC2)c1. The van der Waals surface area contributed by atoms with Crippen molar-refractivity contribution in [2.45, 2.75) is 43.9 Å². The van der Waals surface area contributed by atoms with Crippen molar-refractivity contribution in [3.05, 3.63) is 110 Å². The highest BCUT2D eigenvalue weighted by Crippen LogP contribution is 2.46. The number of nitrogens with one attached hydrogen (secondary N) is 3. The lowest BCUT2D eigenvalue weighted by atomic mass is 9.83. The average molecular weight is 739 g/mol. The third-order valence-electron chi connectivity index (χ3n) is 11.0. The molecule has 1 unspecified atom stereocenters. The molecule has 0 aliphatic carbocycles. The first-order chi connectivity index (χ1) is 26.0. The topological polar surface area (TPSA) is 161 Å². The molecule has 3 amide bonds. The summed E-state index contributed by atoms with van der Waals surface area (Å²) in [6.07, 6.45) is 1.76. The maximum atomic E-state index is 15.6. The van der Waals surface area contributed by atoms with Gasteiger partial charge in [0.1, 0.15) is 35.6 Å². The number of piperazine rings is 1. The fraction of sp³-hybridized carbons (Fsp3) is 0.324. The first-order valence-electron chi connectivity index (χ1n) is 17.6. The van der Waals surface area contributed by atoms with Gasteiger partial charge in [0.25, 0.3) is 11.5 Å². The molecule has 4 aliphatic rings. The van der Waals surface area contributed by atoms with E-state index in [9.17, 15) is 23.6 Å². The number of aryl methyl sites for hydroxylation is 1. The number of hydrogen-bond acceptors (Lipinski definition) is 10. The Morgan fingerprint density at radius 3 is 2.52 bits per heavy atom. The predicted molar refractivity (Wildman–Crippen MR) is 188 cm³/mol. The second-order valence-corrected chi connectivity index (χ2v) is 14.1. The molecule has 3 atom stereocenters. The Morgan fingerprint density at radius 2 is 1.76 bits per heavy atom. The first-order valence-corrected chi connectivity index (χ1v) is 17.6. The van der Waals surface area contributed by atoms with E-state index in [4.69, 9.17) is 0 Å². The van der Waals surface area contributed by atoms with E-state index in [1.807, 2.05) is 4.90 Å². The molecule has 0 radical (unpaired) electrons. The van der Waals surface area contributed by atoms with Gasteiger partial charge in [0.2, 0.25) is 11.8 Å². The Morgan fingerprint density at radius 1 is 0.944 bits per heavy atom. The van der Waals surface area contributed by atoms with E-state index in [1.54, 1.807) is 29.9 Å². The first kappa shape index (κ1) is 33.7. The highest BCUT2D eigenvalue weighted by molar-refractivity contribution is 6.05. The molecular weight excluding hydrogens is 705 g/mol. The maximum absolute atomic E-state index is 15.6. The molecule has 276 valence electrons. The fourth-order valence-corrected chi connectivity index (χ4v) is 8.29. The Balaban J connectivity index is 0.941. The van der Waals surface area contributed by atoms with Crippen molar-refractivity contribution in [3.8, 4) is 0 Å². The molecule has 2 saturated heterocycles. The van der Waals surface area contributed by atoms with Gasteiger partial charge in [-0.2, -0.15) is 10.2 Å². The van der Waals surface area contributed by atoms with E-state index in [1.165, 1.54) is 35.5 Å². The summed E-state index contributed by atoms with van der Waals surface area (Å²) in [7, 11) is 1.74. The lowest BCUT2D eigenvalue weighted by molar-refractivity contribution is -0.136. The third kappa shape index (κ3) is 5.57. The molecule has 6 heterocycles. The number of H-pyrrole nitrogens is 1. The van der Waals surface area contributed by atoms with Crippen LogP contribution in [0.3, 0.4) is 0 Å². The van der Waals surface area contributed by atoms with Gasteiger partial charge in [-0.05, 0) is 53.9 Å². The van der Waals surface area contributed by atoms with Crippen LogP contribution in [0.4, 0.5) is 24.5 Å². The standard InChI is InChI=1S/C37H33F3N10O4/c1-47-34(41-17-42-47)31-32(43-26-13-21(38)12-23-30(26)33(31)45-46-35(23)52)18-2-3-24(39)28(11-18)49-8-6-48(7-9-49)15-20-10-19-16-50(37(54)22(19)14-25(20)40)27-4-5-29(51)44-36(27)53/h2-3,10-14,17,27,31-32,43H,4-9,15-16H2,1H3,(H,46,52)(H,44,51,53)/t27?,31-,32-/m1/s1. The Labute approximate surface area is 304 Å². The molecule has 54 heavy (non-hydrogen) atoms. The molecule has 9 rings (SSSR count). The summed E-state index contributed by atoms with van der Waals surface area (Å²) in [5.74, 6) is -2.94. The molecule has 0 spiro atoms. The van der Waals surface area contributed by atoms with Gasteiger partial charge >= 0.3 is 0 Å². The van der Waals surface area contributed by atoms with Gasteiger partial charge in [-0.25, -0.2) is 23.3 Å². The summed E-state index contributed by atoms with van der Waals surface area (Å²) in [5.41, 5.74) is 2.62. The molecule has 5 aromatic rings. The van der Waals surface area contributed by atoms with Crippen LogP contribution in [-0.4, -0.2) is 84.7 Å². The summed E-state index contributed by atoms with van der Waals surface area (Å²) < 4.78 is 47.4. The van der Waals surface area contributed by atoms with Crippen LogP contribution in [0, 0.1) is 17.5 Å². The van der Waals surface area contributed by atoms with Gasteiger partial charge in [-0.1, -0.05) is 6.07 Å². The van der Waals surface area contributed by atoms with Crippen LogP contribution in [0.5, 0.6) is 0 Å². The highest BCUT2D eigenvalue weighted by Gasteiger charge is 2.41. The number of carbonyl (C=O) groups excluding carboxylic acids is 3. The number of imide groups is 1. The Bertz CT molecular complexity index is 2460. The number of fused-ring (bicyclic) bond motifs is 1. The molecular formula is C37H33F3N10O4. The number of piperidine rings is 1. The third-order valence-corrected chi connectivity index (χ3v) is 11.0. The maximum Gasteiger partial charge on any atom is 0.272 e. The van der Waals surface area contributed by atoms with Crippen molar-refractivity contribution in [3.63, 3.8) is 0 Å². The molecule has 3 N–H and O–H groups in total. The van der Waals surface area contributed by atoms with E-state index in [0.29, 0.717) is 71.1 Å².